The van der Waals surface area contributed by atoms with Crippen molar-refractivity contribution in [2.24, 2.45) is 5.10 Å². The lowest BCUT2D eigenvalue weighted by Crippen LogP contribution is -2.20. The van der Waals surface area contributed by atoms with Crippen LogP contribution in [0.1, 0.15) is 24.0 Å². The Kier molecular flexibility index (Phi) is 7.03. The fourth-order valence-electron chi connectivity index (χ4n) is 2.93. The van der Waals surface area contributed by atoms with Gasteiger partial charge in [-0.15, -0.1) is 0 Å². The molecular formula is C23H22ClN3O3. The second-order valence-corrected chi connectivity index (χ2v) is 7.12. The summed E-state index contributed by atoms with van der Waals surface area (Å²) in [5.74, 6) is 0.0233. The first-order valence-electron chi connectivity index (χ1n) is 9.41. The van der Waals surface area contributed by atoms with Crippen molar-refractivity contribution in [2.45, 2.75) is 19.8 Å². The van der Waals surface area contributed by atoms with Crippen molar-refractivity contribution < 1.29 is 14.3 Å². The van der Waals surface area contributed by atoms with E-state index in [1.807, 2.05) is 49.4 Å². The van der Waals surface area contributed by atoms with Crippen molar-refractivity contribution in [2.75, 3.05) is 12.4 Å². The lowest BCUT2D eigenvalue weighted by Gasteiger charge is -2.08. The minimum atomic E-state index is -0.359. The van der Waals surface area contributed by atoms with Gasteiger partial charge in [-0.2, -0.15) is 5.10 Å². The molecule has 0 spiro atoms. The maximum absolute atomic E-state index is 12.0. The van der Waals surface area contributed by atoms with E-state index < -0.39 is 0 Å². The van der Waals surface area contributed by atoms with Gasteiger partial charge in [0.1, 0.15) is 5.75 Å². The van der Waals surface area contributed by atoms with Gasteiger partial charge < -0.3 is 10.1 Å². The van der Waals surface area contributed by atoms with Crippen LogP contribution in [0.25, 0.3) is 10.8 Å². The Hall–Kier alpha value is -3.38. The molecule has 6 nitrogen and oxygen atoms in total. The highest BCUT2D eigenvalue weighted by Gasteiger charge is 2.09. The van der Waals surface area contributed by atoms with Gasteiger partial charge in [0.25, 0.3) is 0 Å². The summed E-state index contributed by atoms with van der Waals surface area (Å²) in [6.07, 6.45) is 1.59. The molecular weight excluding hydrogens is 402 g/mol. The molecule has 0 heterocycles. The van der Waals surface area contributed by atoms with Crippen LogP contribution in [0, 0.1) is 6.92 Å². The minimum Gasteiger partial charge on any atom is -0.496 e. The average Bonchev–Trinajstić information content (AvgIpc) is 2.75. The number of carbonyl (C=O) groups is 2. The third-order valence-electron chi connectivity index (χ3n) is 4.57. The topological polar surface area (TPSA) is 79.8 Å². The summed E-state index contributed by atoms with van der Waals surface area (Å²) < 4.78 is 5.40. The number of anilines is 1. The number of aryl methyl sites for hydroxylation is 1. The van der Waals surface area contributed by atoms with E-state index in [0.717, 1.165) is 21.9 Å². The van der Waals surface area contributed by atoms with Crippen LogP contribution in [0.2, 0.25) is 5.02 Å². The molecule has 0 aliphatic rings. The number of rotatable bonds is 7. The summed E-state index contributed by atoms with van der Waals surface area (Å²) in [5.41, 5.74) is 4.75. The summed E-state index contributed by atoms with van der Waals surface area (Å²) in [6, 6.07) is 16.9. The highest BCUT2D eigenvalue weighted by atomic mass is 35.5. The molecule has 0 bridgehead atoms. The predicted molar refractivity (Wildman–Crippen MR) is 120 cm³/mol. The van der Waals surface area contributed by atoms with Crippen LogP contribution in [0.3, 0.4) is 0 Å². The number of methoxy groups -OCH3 is 1. The largest absolute Gasteiger partial charge is 0.496 e. The molecule has 0 aliphatic heterocycles. The van der Waals surface area contributed by atoms with Crippen molar-refractivity contribution in [1.82, 2.24) is 5.43 Å². The third kappa shape index (κ3) is 5.36. The molecule has 0 atom stereocenters. The molecule has 30 heavy (non-hydrogen) atoms. The van der Waals surface area contributed by atoms with Gasteiger partial charge >= 0.3 is 0 Å². The Morgan fingerprint density at radius 2 is 1.83 bits per heavy atom. The van der Waals surface area contributed by atoms with Gasteiger partial charge in [0.2, 0.25) is 11.8 Å². The Balaban J connectivity index is 1.56. The fraction of sp³-hybridized carbons (Fsp3) is 0.174. The molecule has 2 N–H and O–H groups in total. The number of hydrogen-bond donors (Lipinski definition) is 2. The highest BCUT2D eigenvalue weighted by Crippen LogP contribution is 2.26. The van der Waals surface area contributed by atoms with Crippen LogP contribution in [-0.4, -0.2) is 25.1 Å². The van der Waals surface area contributed by atoms with E-state index in [9.17, 15) is 9.59 Å². The number of nitrogens with one attached hydrogen (secondary N) is 2. The van der Waals surface area contributed by atoms with Gasteiger partial charge in [-0.25, -0.2) is 5.43 Å². The van der Waals surface area contributed by atoms with Crippen LogP contribution in [0.4, 0.5) is 5.69 Å². The molecule has 0 saturated carbocycles. The van der Waals surface area contributed by atoms with E-state index in [2.05, 4.69) is 15.8 Å². The second kappa shape index (κ2) is 9.89. The lowest BCUT2D eigenvalue weighted by atomic mass is 10.0. The maximum Gasteiger partial charge on any atom is 0.240 e. The molecule has 3 aromatic carbocycles. The Bertz CT molecular complexity index is 1110. The zero-order valence-electron chi connectivity index (χ0n) is 16.7. The van der Waals surface area contributed by atoms with Crippen molar-refractivity contribution in [3.63, 3.8) is 0 Å². The van der Waals surface area contributed by atoms with Gasteiger partial charge in [-0.05, 0) is 41.5 Å². The van der Waals surface area contributed by atoms with Crippen molar-refractivity contribution in [3.05, 3.63) is 70.7 Å². The van der Waals surface area contributed by atoms with Gasteiger partial charge in [-0.3, -0.25) is 9.59 Å². The number of halogens is 1. The zero-order chi connectivity index (χ0) is 21.5. The molecule has 3 rings (SSSR count). The van der Waals surface area contributed by atoms with E-state index in [0.29, 0.717) is 16.5 Å². The van der Waals surface area contributed by atoms with Gasteiger partial charge in [0.05, 0.1) is 13.3 Å². The molecule has 3 aromatic rings. The summed E-state index contributed by atoms with van der Waals surface area (Å²) in [5, 5.41) is 9.33. The number of nitrogens with zero attached hydrogens (tertiary/aromatic N) is 1. The number of ether oxygens (including phenoxy) is 1. The van der Waals surface area contributed by atoms with E-state index in [4.69, 9.17) is 16.3 Å². The summed E-state index contributed by atoms with van der Waals surface area (Å²) in [4.78, 5) is 24.1. The summed E-state index contributed by atoms with van der Waals surface area (Å²) in [7, 11) is 1.58. The first-order valence-corrected chi connectivity index (χ1v) is 9.79. The number of hydrazone groups is 1. The highest BCUT2D eigenvalue weighted by molar-refractivity contribution is 6.31. The van der Waals surface area contributed by atoms with Gasteiger partial charge in [-0.1, -0.05) is 48.0 Å². The number of amides is 2. The van der Waals surface area contributed by atoms with Gasteiger partial charge in [0.15, 0.2) is 0 Å². The molecule has 0 radical (unpaired) electrons. The summed E-state index contributed by atoms with van der Waals surface area (Å²) in [6.45, 7) is 1.88. The molecule has 0 aromatic heterocycles. The Labute approximate surface area is 179 Å². The smallest absolute Gasteiger partial charge is 0.240 e. The lowest BCUT2D eigenvalue weighted by molar-refractivity contribution is -0.124. The average molecular weight is 424 g/mol. The molecule has 2 amide bonds. The molecule has 7 heteroatoms. The first kappa shape index (κ1) is 21.3. The first-order chi connectivity index (χ1) is 14.5. The van der Waals surface area contributed by atoms with Crippen LogP contribution in [0.5, 0.6) is 5.75 Å². The second-order valence-electron chi connectivity index (χ2n) is 6.71. The molecule has 0 saturated heterocycles. The van der Waals surface area contributed by atoms with Crippen molar-refractivity contribution >= 4 is 46.1 Å². The third-order valence-corrected chi connectivity index (χ3v) is 4.98. The summed E-state index contributed by atoms with van der Waals surface area (Å²) >= 11 is 6.05. The van der Waals surface area contributed by atoms with Crippen molar-refractivity contribution in [3.8, 4) is 5.75 Å². The normalized spacial score (nSPS) is 10.9. The van der Waals surface area contributed by atoms with Crippen LogP contribution in [-0.2, 0) is 9.59 Å². The standard InChI is InChI=1S/C23H22ClN3O3/c1-15-7-9-17(13-20(15)24)26-22(28)11-12-23(29)27-25-14-19-18-6-4-3-5-16(18)8-10-21(19)30-2/h3-10,13-14H,11-12H2,1-2H3,(H,26,28)(H,27,29). The van der Waals surface area contributed by atoms with E-state index in [1.165, 1.54) is 0 Å². The monoisotopic (exact) mass is 423 g/mol. The van der Waals surface area contributed by atoms with Gasteiger partial charge in [0, 0.05) is 29.1 Å². The number of benzene rings is 3. The van der Waals surface area contributed by atoms with E-state index in [1.54, 1.807) is 25.5 Å². The zero-order valence-corrected chi connectivity index (χ0v) is 17.5. The van der Waals surface area contributed by atoms with E-state index in [-0.39, 0.29) is 24.7 Å². The van der Waals surface area contributed by atoms with Crippen molar-refractivity contribution in [1.29, 1.82) is 0 Å². The number of fused-ring (bicyclic) bond motifs is 1. The molecule has 0 fully saturated rings. The van der Waals surface area contributed by atoms with Crippen LogP contribution in [0.15, 0.2) is 59.7 Å². The quantitative estimate of drug-likeness (QED) is 0.427. The number of hydrogen-bond acceptors (Lipinski definition) is 4. The number of carbonyl (C=O) groups excluding carboxylic acids is 2. The SMILES string of the molecule is COc1ccc2ccccc2c1C=NNC(=O)CCC(=O)Nc1ccc(C)c(Cl)c1. The fourth-order valence-corrected chi connectivity index (χ4v) is 3.11. The predicted octanol–water partition coefficient (Wildman–Crippen LogP) is 4.68. The van der Waals surface area contributed by atoms with Crippen LogP contribution >= 0.6 is 11.6 Å². The van der Waals surface area contributed by atoms with E-state index >= 15 is 0 Å². The molecule has 154 valence electrons. The van der Waals surface area contributed by atoms with Crippen LogP contribution < -0.4 is 15.5 Å². The maximum atomic E-state index is 12.0. The minimum absolute atomic E-state index is 0.00936. The molecule has 0 unspecified atom stereocenters. The Morgan fingerprint density at radius 1 is 1.07 bits per heavy atom. The molecule has 0 aliphatic carbocycles. The Morgan fingerprint density at radius 3 is 2.60 bits per heavy atom.